The summed E-state index contributed by atoms with van der Waals surface area (Å²) in [5.74, 6) is 0.823. The minimum Gasteiger partial charge on any atom is -0.456 e. The summed E-state index contributed by atoms with van der Waals surface area (Å²) in [5, 5.41) is 31.4. The van der Waals surface area contributed by atoms with Gasteiger partial charge in [0, 0.05) is 17.1 Å². The van der Waals surface area contributed by atoms with Crippen LogP contribution in [0.15, 0.2) is 47.3 Å². The van der Waals surface area contributed by atoms with E-state index in [0.717, 1.165) is 11.0 Å². The van der Waals surface area contributed by atoms with Gasteiger partial charge in [-0.05, 0) is 12.1 Å². The Morgan fingerprint density at radius 1 is 1.14 bits per heavy atom. The molecule has 0 aliphatic carbocycles. The molecular formula is C19H18N4O5. The normalized spacial score (nSPS) is 25.1. The molecule has 1 aromatic carbocycles. The van der Waals surface area contributed by atoms with Gasteiger partial charge in [0.15, 0.2) is 6.23 Å². The molecule has 5 rings (SSSR count). The van der Waals surface area contributed by atoms with E-state index >= 15 is 0 Å². The van der Waals surface area contributed by atoms with Crippen molar-refractivity contribution < 1.29 is 24.5 Å². The molecule has 28 heavy (non-hydrogen) atoms. The summed E-state index contributed by atoms with van der Waals surface area (Å²) in [6, 6.07) is 9.49. The van der Waals surface area contributed by atoms with Crippen molar-refractivity contribution >= 4 is 27.8 Å². The van der Waals surface area contributed by atoms with E-state index in [4.69, 9.17) is 14.9 Å². The van der Waals surface area contributed by atoms with Crippen LogP contribution in [0.4, 0.5) is 5.82 Å². The molecule has 0 saturated carbocycles. The molecule has 4 heterocycles. The number of hydrogen-bond acceptors (Lipinski definition) is 8. The van der Waals surface area contributed by atoms with Crippen molar-refractivity contribution in [2.45, 2.75) is 24.5 Å². The number of anilines is 1. The third kappa shape index (κ3) is 2.41. The zero-order chi connectivity index (χ0) is 19.4. The first-order valence-corrected chi connectivity index (χ1v) is 8.81. The molecule has 5 N–H and O–H groups in total. The van der Waals surface area contributed by atoms with Crippen molar-refractivity contribution in [1.82, 2.24) is 14.5 Å². The summed E-state index contributed by atoms with van der Waals surface area (Å²) in [7, 11) is 0. The van der Waals surface area contributed by atoms with E-state index in [-0.39, 0.29) is 5.82 Å². The Balaban J connectivity index is 1.71. The van der Waals surface area contributed by atoms with Crippen LogP contribution >= 0.6 is 0 Å². The lowest BCUT2D eigenvalue weighted by Crippen LogP contribution is -2.33. The van der Waals surface area contributed by atoms with Gasteiger partial charge in [-0.1, -0.05) is 18.2 Å². The molecule has 1 saturated heterocycles. The zero-order valence-electron chi connectivity index (χ0n) is 14.6. The number of fused-ring (bicyclic) bond motifs is 2. The zero-order valence-corrected chi connectivity index (χ0v) is 14.6. The van der Waals surface area contributed by atoms with Crippen molar-refractivity contribution in [1.29, 1.82) is 0 Å². The quantitative estimate of drug-likeness (QED) is 0.412. The third-order valence-electron chi connectivity index (χ3n) is 5.12. The van der Waals surface area contributed by atoms with Gasteiger partial charge in [0.05, 0.1) is 12.0 Å². The predicted molar refractivity (Wildman–Crippen MR) is 100 cm³/mol. The molecule has 1 fully saturated rings. The van der Waals surface area contributed by atoms with Crippen LogP contribution in [-0.4, -0.2) is 54.8 Å². The second-order valence-corrected chi connectivity index (χ2v) is 6.78. The number of nitrogens with two attached hydrogens (primary N) is 1. The first-order chi connectivity index (χ1) is 13.6. The fourth-order valence-electron chi connectivity index (χ4n) is 3.71. The predicted octanol–water partition coefficient (Wildman–Crippen LogP) is 1.04. The van der Waals surface area contributed by atoms with Gasteiger partial charge in [0.1, 0.15) is 47.4 Å². The van der Waals surface area contributed by atoms with Gasteiger partial charge in [-0.15, -0.1) is 0 Å². The van der Waals surface area contributed by atoms with Crippen LogP contribution in [0.2, 0.25) is 0 Å². The lowest BCUT2D eigenvalue weighted by molar-refractivity contribution is -0.0508. The number of nitrogens with zero attached hydrogens (tertiary/aromatic N) is 3. The summed E-state index contributed by atoms with van der Waals surface area (Å²) in [6.07, 6.45) is -1.28. The van der Waals surface area contributed by atoms with Crippen LogP contribution in [0, 0.1) is 0 Å². The molecule has 0 amide bonds. The Morgan fingerprint density at radius 2 is 1.96 bits per heavy atom. The Kier molecular flexibility index (Phi) is 3.84. The summed E-state index contributed by atoms with van der Waals surface area (Å²) < 4.78 is 13.2. The van der Waals surface area contributed by atoms with E-state index in [1.807, 2.05) is 30.3 Å². The maximum atomic E-state index is 10.4. The number of hydrogen-bond donors (Lipinski definition) is 4. The van der Waals surface area contributed by atoms with E-state index in [1.165, 1.54) is 6.33 Å². The van der Waals surface area contributed by atoms with Crippen LogP contribution in [0.1, 0.15) is 6.23 Å². The molecule has 9 heteroatoms. The first kappa shape index (κ1) is 17.1. The van der Waals surface area contributed by atoms with E-state index in [9.17, 15) is 15.3 Å². The van der Waals surface area contributed by atoms with E-state index < -0.39 is 31.1 Å². The summed E-state index contributed by atoms with van der Waals surface area (Å²) in [4.78, 5) is 8.36. The van der Waals surface area contributed by atoms with Gasteiger partial charge in [-0.25, -0.2) is 9.97 Å². The highest BCUT2D eigenvalue weighted by molar-refractivity contribution is 6.01. The van der Waals surface area contributed by atoms with Crippen molar-refractivity contribution in [3.8, 4) is 11.3 Å². The van der Waals surface area contributed by atoms with Crippen molar-refractivity contribution in [3.05, 3.63) is 42.9 Å². The summed E-state index contributed by atoms with van der Waals surface area (Å²) in [6.45, 7) is -0.415. The molecule has 3 aromatic heterocycles. The molecule has 144 valence electrons. The molecule has 1 aliphatic rings. The standard InChI is InChI=1S/C19H18N4O5/c20-17-14-10(12-5-9-3-1-2-4-11(9)27-12)6-23(18(14)22-8-21-17)19-16(26)15(25)13(7-24)28-19/h1-6,8,13,15-16,19,24-26H,7H2,(H2,20,21,22)/t13-,15-,16-,19-/m1/s1. The fraction of sp³-hybridized carbons (Fsp3) is 0.263. The van der Waals surface area contributed by atoms with Crippen LogP contribution in [0.3, 0.4) is 0 Å². The number of aliphatic hydroxyl groups excluding tert-OH is 3. The number of nitrogen functional groups attached to an aromatic ring is 1. The lowest BCUT2D eigenvalue weighted by atomic mass is 10.1. The number of rotatable bonds is 3. The Hall–Kier alpha value is -2.98. The highest BCUT2D eigenvalue weighted by atomic mass is 16.6. The minimum absolute atomic E-state index is 0.256. The van der Waals surface area contributed by atoms with Crippen molar-refractivity contribution in [2.75, 3.05) is 12.3 Å². The van der Waals surface area contributed by atoms with E-state index in [0.29, 0.717) is 22.4 Å². The van der Waals surface area contributed by atoms with Crippen LogP contribution < -0.4 is 5.73 Å². The van der Waals surface area contributed by atoms with Crippen molar-refractivity contribution in [2.24, 2.45) is 0 Å². The summed E-state index contributed by atoms with van der Waals surface area (Å²) >= 11 is 0. The average Bonchev–Trinajstić information content (AvgIpc) is 3.37. The van der Waals surface area contributed by atoms with Crippen LogP contribution in [0.5, 0.6) is 0 Å². The average molecular weight is 382 g/mol. The number of ether oxygens (including phenoxy) is 1. The Labute approximate surface area is 158 Å². The second-order valence-electron chi connectivity index (χ2n) is 6.78. The number of aromatic nitrogens is 3. The van der Waals surface area contributed by atoms with Gasteiger partial charge in [0.25, 0.3) is 0 Å². The first-order valence-electron chi connectivity index (χ1n) is 8.81. The number of aliphatic hydroxyl groups is 3. The van der Waals surface area contributed by atoms with Crippen LogP contribution in [0.25, 0.3) is 33.3 Å². The Morgan fingerprint density at radius 3 is 2.71 bits per heavy atom. The van der Waals surface area contributed by atoms with Gasteiger partial charge in [-0.2, -0.15) is 0 Å². The largest absolute Gasteiger partial charge is 0.456 e. The smallest absolute Gasteiger partial charge is 0.164 e. The Bertz CT molecular complexity index is 1140. The maximum Gasteiger partial charge on any atom is 0.164 e. The molecule has 4 atom stereocenters. The fourth-order valence-corrected chi connectivity index (χ4v) is 3.71. The van der Waals surface area contributed by atoms with E-state index in [2.05, 4.69) is 9.97 Å². The number of furan rings is 1. The third-order valence-corrected chi connectivity index (χ3v) is 5.12. The molecule has 0 radical (unpaired) electrons. The summed E-state index contributed by atoms with van der Waals surface area (Å²) in [5.41, 5.74) is 7.91. The monoisotopic (exact) mass is 382 g/mol. The molecule has 0 spiro atoms. The number of para-hydroxylation sites is 1. The number of benzene rings is 1. The maximum absolute atomic E-state index is 10.4. The second kappa shape index (κ2) is 6.28. The molecule has 9 nitrogen and oxygen atoms in total. The molecule has 4 aromatic rings. The van der Waals surface area contributed by atoms with Gasteiger partial charge < -0.3 is 34.8 Å². The van der Waals surface area contributed by atoms with Gasteiger partial charge in [-0.3, -0.25) is 0 Å². The van der Waals surface area contributed by atoms with Crippen LogP contribution in [-0.2, 0) is 4.74 Å². The highest BCUT2D eigenvalue weighted by Crippen LogP contribution is 2.39. The van der Waals surface area contributed by atoms with E-state index in [1.54, 1.807) is 10.8 Å². The molecule has 0 bridgehead atoms. The lowest BCUT2D eigenvalue weighted by Gasteiger charge is -2.17. The molecular weight excluding hydrogens is 364 g/mol. The topological polar surface area (TPSA) is 140 Å². The minimum atomic E-state index is -1.24. The molecule has 1 aliphatic heterocycles. The SMILES string of the molecule is Nc1ncnc2c1c(-c1cc3ccccc3o1)cn2[C@@H]1O[C@H](CO)[C@@H](O)[C@H]1O. The molecule has 0 unspecified atom stereocenters. The van der Waals surface area contributed by atoms with Crippen molar-refractivity contribution in [3.63, 3.8) is 0 Å². The van der Waals surface area contributed by atoms with Gasteiger partial charge in [0.2, 0.25) is 0 Å². The highest BCUT2D eigenvalue weighted by Gasteiger charge is 2.44. The van der Waals surface area contributed by atoms with Gasteiger partial charge >= 0.3 is 0 Å².